The van der Waals surface area contributed by atoms with E-state index >= 15 is 0 Å². The third kappa shape index (κ3) is 14.8. The van der Waals surface area contributed by atoms with Gasteiger partial charge in [0.15, 0.2) is 0 Å². The van der Waals surface area contributed by atoms with Crippen LogP contribution >= 0.6 is 0 Å². The van der Waals surface area contributed by atoms with Crippen molar-refractivity contribution < 1.29 is 9.90 Å². The second kappa shape index (κ2) is 15.8. The highest BCUT2D eigenvalue weighted by Crippen LogP contribution is 2.16. The summed E-state index contributed by atoms with van der Waals surface area (Å²) in [6.45, 7) is 11.9. The van der Waals surface area contributed by atoms with Crippen molar-refractivity contribution in [2.75, 3.05) is 0 Å². The monoisotopic (exact) mass is 338 g/mol. The van der Waals surface area contributed by atoms with Crippen LogP contribution in [0.3, 0.4) is 0 Å². The largest absolute Gasteiger partial charge is 0.481 e. The van der Waals surface area contributed by atoms with Gasteiger partial charge in [-0.3, -0.25) is 4.79 Å². The molecule has 0 aliphatic rings. The van der Waals surface area contributed by atoms with E-state index in [4.69, 9.17) is 16.8 Å². The molecule has 0 fully saturated rings. The summed E-state index contributed by atoms with van der Waals surface area (Å²) in [6, 6.07) is 0. The topological polar surface area (TPSA) is 114 Å². The Morgan fingerprint density at radius 2 is 2.00 bits per heavy atom. The fraction of sp³-hybridized carbons (Fsp3) is 0.556. The zero-order valence-corrected chi connectivity index (χ0v) is 15.5. The quantitative estimate of drug-likeness (QED) is 0.169. The number of carboxylic acids is 1. The van der Waals surface area contributed by atoms with Crippen LogP contribution in [0.15, 0.2) is 41.6 Å². The molecule has 0 aliphatic heterocycles. The standard InChI is InChI=1S/C10H22N4O2.C8H12/c1-7(2)4-3-5-8(10(15)16)6-9(13-11)14-12;1-4-6-7-8(3)5-2/h7-8H,3-6,11-12H2,1-2H3,(H,13,14)(H,15,16);4-7H,2H2,1,3H3/b;6-4-,8-7-/t8-;/m0./s1. The van der Waals surface area contributed by atoms with E-state index in [0.29, 0.717) is 18.2 Å². The molecule has 0 aromatic carbocycles. The minimum atomic E-state index is -0.833. The van der Waals surface area contributed by atoms with Gasteiger partial charge in [0.25, 0.3) is 0 Å². The molecule has 1 atom stereocenters. The second-order valence-corrected chi connectivity index (χ2v) is 5.92. The van der Waals surface area contributed by atoms with Gasteiger partial charge in [0, 0.05) is 6.42 Å². The van der Waals surface area contributed by atoms with Crippen LogP contribution in [0.5, 0.6) is 0 Å². The van der Waals surface area contributed by atoms with Crippen LogP contribution in [0.1, 0.15) is 53.4 Å². The number of hydrogen-bond acceptors (Lipinski definition) is 4. The Hall–Kier alpha value is -2.08. The predicted molar refractivity (Wildman–Crippen MR) is 102 cm³/mol. The number of rotatable bonds is 9. The minimum Gasteiger partial charge on any atom is -0.481 e. The number of carbonyl (C=O) groups is 1. The molecule has 0 unspecified atom stereocenters. The third-order valence-corrected chi connectivity index (χ3v) is 3.32. The molecule has 0 aliphatic carbocycles. The van der Waals surface area contributed by atoms with E-state index in [2.05, 4.69) is 31.0 Å². The Balaban J connectivity index is 0. The van der Waals surface area contributed by atoms with Crippen LogP contribution in [0.25, 0.3) is 0 Å². The number of hydrazone groups is 1. The average molecular weight is 338 g/mol. The molecular formula is C18H34N4O2. The molecule has 0 saturated carbocycles. The summed E-state index contributed by atoms with van der Waals surface area (Å²) >= 11 is 0. The number of hydrogen-bond donors (Lipinski definition) is 4. The lowest BCUT2D eigenvalue weighted by Gasteiger charge is -2.13. The smallest absolute Gasteiger partial charge is 0.306 e. The Labute approximate surface area is 146 Å². The summed E-state index contributed by atoms with van der Waals surface area (Å²) in [4.78, 5) is 11.0. The van der Waals surface area contributed by atoms with Gasteiger partial charge in [0.05, 0.1) is 5.92 Å². The molecular weight excluding hydrogens is 304 g/mol. The van der Waals surface area contributed by atoms with Gasteiger partial charge in [-0.2, -0.15) is 5.10 Å². The average Bonchev–Trinajstić information content (AvgIpc) is 2.55. The number of allylic oxidation sites excluding steroid dienone is 5. The number of amidine groups is 1. The van der Waals surface area contributed by atoms with Crippen LogP contribution in [-0.2, 0) is 4.79 Å². The maximum atomic E-state index is 11.0. The lowest BCUT2D eigenvalue weighted by molar-refractivity contribution is -0.141. The summed E-state index contributed by atoms with van der Waals surface area (Å²) in [6.07, 6.45) is 10.6. The van der Waals surface area contributed by atoms with Crippen molar-refractivity contribution in [3.05, 3.63) is 36.5 Å². The van der Waals surface area contributed by atoms with Gasteiger partial charge in [0.2, 0.25) is 0 Å². The van der Waals surface area contributed by atoms with Gasteiger partial charge in [-0.15, -0.1) is 0 Å². The Morgan fingerprint density at radius 1 is 1.38 bits per heavy atom. The first-order valence-electron chi connectivity index (χ1n) is 8.20. The molecule has 6 N–H and O–H groups in total. The molecule has 0 aromatic rings. The number of hydrazine groups is 1. The van der Waals surface area contributed by atoms with E-state index in [1.54, 1.807) is 0 Å². The minimum absolute atomic E-state index is 0.250. The SMILES string of the molecule is C=C/C(C)=C\C=C/C.CC(C)CCC[C@@H](C/C(=N/N)NN)C(=O)O. The molecule has 0 amide bonds. The van der Waals surface area contributed by atoms with Crippen LogP contribution in [0.4, 0.5) is 0 Å². The first-order chi connectivity index (χ1) is 11.3. The first-order valence-corrected chi connectivity index (χ1v) is 8.20. The molecule has 6 heteroatoms. The van der Waals surface area contributed by atoms with Gasteiger partial charge in [-0.25, -0.2) is 5.84 Å². The van der Waals surface area contributed by atoms with E-state index in [9.17, 15) is 4.79 Å². The summed E-state index contributed by atoms with van der Waals surface area (Å²) < 4.78 is 0. The zero-order chi connectivity index (χ0) is 19.0. The normalized spacial score (nSPS) is 13.4. The number of nitrogens with zero attached hydrogens (tertiary/aromatic N) is 1. The van der Waals surface area contributed by atoms with Crippen LogP contribution in [0.2, 0.25) is 0 Å². The van der Waals surface area contributed by atoms with Crippen molar-refractivity contribution in [3.63, 3.8) is 0 Å². The first kappa shape index (κ1) is 24.2. The highest BCUT2D eigenvalue weighted by Gasteiger charge is 2.19. The molecule has 0 saturated heterocycles. The van der Waals surface area contributed by atoms with Crippen molar-refractivity contribution in [1.82, 2.24) is 5.43 Å². The van der Waals surface area contributed by atoms with Crippen molar-refractivity contribution in [2.45, 2.75) is 53.4 Å². The van der Waals surface area contributed by atoms with E-state index in [0.717, 1.165) is 12.8 Å². The van der Waals surface area contributed by atoms with Crippen molar-refractivity contribution in [2.24, 2.45) is 28.6 Å². The second-order valence-electron chi connectivity index (χ2n) is 5.92. The van der Waals surface area contributed by atoms with Crippen molar-refractivity contribution in [1.29, 1.82) is 0 Å². The Kier molecular flexibility index (Phi) is 15.9. The third-order valence-electron chi connectivity index (χ3n) is 3.32. The van der Waals surface area contributed by atoms with Crippen LogP contribution in [-0.4, -0.2) is 16.9 Å². The molecule has 0 bridgehead atoms. The van der Waals surface area contributed by atoms with E-state index in [1.807, 2.05) is 38.2 Å². The zero-order valence-electron chi connectivity index (χ0n) is 15.5. The van der Waals surface area contributed by atoms with Gasteiger partial charge < -0.3 is 16.4 Å². The van der Waals surface area contributed by atoms with Gasteiger partial charge in [-0.05, 0) is 26.2 Å². The lowest BCUT2D eigenvalue weighted by atomic mass is 9.95. The lowest BCUT2D eigenvalue weighted by Crippen LogP contribution is -2.34. The summed E-state index contributed by atoms with van der Waals surface area (Å²) in [5.74, 6) is 9.81. The molecule has 0 heterocycles. The van der Waals surface area contributed by atoms with E-state index in [1.165, 1.54) is 5.57 Å². The summed E-state index contributed by atoms with van der Waals surface area (Å²) in [5, 5.41) is 12.4. The Bertz CT molecular complexity index is 440. The Morgan fingerprint density at radius 3 is 2.38 bits per heavy atom. The molecule has 0 radical (unpaired) electrons. The van der Waals surface area contributed by atoms with Crippen molar-refractivity contribution in [3.8, 4) is 0 Å². The predicted octanol–water partition coefficient (Wildman–Crippen LogP) is 3.33. The number of aliphatic carboxylic acids is 1. The highest BCUT2D eigenvalue weighted by molar-refractivity contribution is 5.85. The summed E-state index contributed by atoms with van der Waals surface area (Å²) in [5.41, 5.74) is 3.50. The highest BCUT2D eigenvalue weighted by atomic mass is 16.4. The van der Waals surface area contributed by atoms with E-state index in [-0.39, 0.29) is 6.42 Å². The maximum absolute atomic E-state index is 11.0. The number of nitrogens with two attached hydrogens (primary N) is 2. The molecule has 6 nitrogen and oxygen atoms in total. The molecule has 0 aromatic heterocycles. The number of nitrogens with one attached hydrogen (secondary N) is 1. The van der Waals surface area contributed by atoms with Crippen LogP contribution in [0, 0.1) is 11.8 Å². The number of carboxylic acid groups (broad SMARTS) is 1. The van der Waals surface area contributed by atoms with Crippen LogP contribution < -0.4 is 17.1 Å². The molecule has 24 heavy (non-hydrogen) atoms. The fourth-order valence-corrected chi connectivity index (χ4v) is 1.78. The van der Waals surface area contributed by atoms with Gasteiger partial charge >= 0.3 is 5.97 Å². The van der Waals surface area contributed by atoms with Crippen molar-refractivity contribution >= 4 is 11.8 Å². The molecule has 0 rings (SSSR count). The van der Waals surface area contributed by atoms with Gasteiger partial charge in [-0.1, -0.05) is 63.1 Å². The van der Waals surface area contributed by atoms with E-state index < -0.39 is 11.9 Å². The summed E-state index contributed by atoms with van der Waals surface area (Å²) in [7, 11) is 0. The molecule has 0 spiro atoms. The molecule has 138 valence electrons. The van der Waals surface area contributed by atoms with Gasteiger partial charge in [0.1, 0.15) is 5.84 Å². The maximum Gasteiger partial charge on any atom is 0.306 e. The fourth-order valence-electron chi connectivity index (χ4n) is 1.78.